The Morgan fingerprint density at radius 3 is 2.92 bits per heavy atom. The van der Waals surface area contributed by atoms with Crippen molar-refractivity contribution in [2.75, 3.05) is 19.6 Å². The maximum absolute atomic E-state index is 11.4. The fourth-order valence-corrected chi connectivity index (χ4v) is 1.61. The first-order valence-corrected chi connectivity index (χ1v) is 4.85. The van der Waals surface area contributed by atoms with Crippen molar-refractivity contribution in [3.63, 3.8) is 0 Å². The van der Waals surface area contributed by atoms with Crippen molar-refractivity contribution in [1.29, 1.82) is 0 Å². The quantitative estimate of drug-likeness (QED) is 0.629. The third-order valence-electron chi connectivity index (χ3n) is 2.47. The van der Waals surface area contributed by atoms with Crippen molar-refractivity contribution in [3.05, 3.63) is 0 Å². The number of nitrogens with one attached hydrogen (secondary N) is 1. The van der Waals surface area contributed by atoms with Crippen LogP contribution in [0.1, 0.15) is 20.3 Å². The van der Waals surface area contributed by atoms with Crippen LogP contribution in [0.2, 0.25) is 0 Å². The molecule has 4 nitrogen and oxygen atoms in total. The molecule has 0 aromatic carbocycles. The smallest absolute Gasteiger partial charge is 0.237 e. The van der Waals surface area contributed by atoms with E-state index in [9.17, 15) is 9.90 Å². The zero-order chi connectivity index (χ0) is 9.84. The van der Waals surface area contributed by atoms with E-state index in [4.69, 9.17) is 0 Å². The van der Waals surface area contributed by atoms with Gasteiger partial charge in [-0.15, -0.1) is 0 Å². The van der Waals surface area contributed by atoms with E-state index in [0.717, 1.165) is 13.0 Å². The molecular weight excluding hydrogens is 168 g/mol. The fraction of sp³-hybridized carbons (Fsp3) is 0.889. The molecule has 1 fully saturated rings. The minimum Gasteiger partial charge on any atom is -0.392 e. The Morgan fingerprint density at radius 2 is 2.46 bits per heavy atom. The summed E-state index contributed by atoms with van der Waals surface area (Å²) >= 11 is 0. The maximum Gasteiger partial charge on any atom is 0.237 e. The van der Waals surface area contributed by atoms with Crippen LogP contribution in [0.3, 0.4) is 0 Å². The third kappa shape index (κ3) is 2.67. The molecule has 1 aliphatic rings. The standard InChI is InChI=1S/C9H18N2O2/c1-3-10-9(13)7(2)11-5-4-8(12)6-11/h7-8,12H,3-6H2,1-2H3,(H,10,13). The van der Waals surface area contributed by atoms with Gasteiger partial charge >= 0.3 is 0 Å². The molecule has 0 bridgehead atoms. The summed E-state index contributed by atoms with van der Waals surface area (Å²) in [6, 6.07) is -0.114. The lowest BCUT2D eigenvalue weighted by Gasteiger charge is -2.22. The zero-order valence-electron chi connectivity index (χ0n) is 8.29. The van der Waals surface area contributed by atoms with Gasteiger partial charge in [-0.3, -0.25) is 9.69 Å². The van der Waals surface area contributed by atoms with Crippen LogP contribution < -0.4 is 5.32 Å². The highest BCUT2D eigenvalue weighted by Crippen LogP contribution is 2.12. The van der Waals surface area contributed by atoms with E-state index in [1.807, 2.05) is 18.7 Å². The van der Waals surface area contributed by atoms with Gasteiger partial charge in [0, 0.05) is 19.6 Å². The number of nitrogens with zero attached hydrogens (tertiary/aromatic N) is 1. The summed E-state index contributed by atoms with van der Waals surface area (Å²) in [4.78, 5) is 13.4. The number of likely N-dealkylation sites (N-methyl/N-ethyl adjacent to an activating group) is 1. The lowest BCUT2D eigenvalue weighted by Crippen LogP contribution is -2.44. The number of rotatable bonds is 3. The number of aliphatic hydroxyl groups excluding tert-OH is 1. The van der Waals surface area contributed by atoms with Crippen LogP contribution in [-0.4, -0.2) is 47.7 Å². The van der Waals surface area contributed by atoms with Gasteiger partial charge in [0.1, 0.15) is 0 Å². The molecule has 0 saturated carbocycles. The molecule has 0 aromatic rings. The van der Waals surface area contributed by atoms with Crippen LogP contribution in [0.15, 0.2) is 0 Å². The minimum atomic E-state index is -0.253. The minimum absolute atomic E-state index is 0.0524. The number of carbonyl (C=O) groups is 1. The molecule has 1 rings (SSSR count). The lowest BCUT2D eigenvalue weighted by molar-refractivity contribution is -0.125. The number of hydrogen-bond donors (Lipinski definition) is 2. The van der Waals surface area contributed by atoms with Crippen molar-refractivity contribution in [2.45, 2.75) is 32.4 Å². The monoisotopic (exact) mass is 186 g/mol. The third-order valence-corrected chi connectivity index (χ3v) is 2.47. The highest BCUT2D eigenvalue weighted by molar-refractivity contribution is 5.81. The summed E-state index contributed by atoms with van der Waals surface area (Å²) in [6.07, 6.45) is 0.529. The number of likely N-dealkylation sites (tertiary alicyclic amines) is 1. The number of amides is 1. The van der Waals surface area contributed by atoms with Gasteiger partial charge in [-0.25, -0.2) is 0 Å². The molecule has 1 saturated heterocycles. The molecule has 0 spiro atoms. The van der Waals surface area contributed by atoms with E-state index < -0.39 is 0 Å². The summed E-state index contributed by atoms with van der Waals surface area (Å²) in [5.41, 5.74) is 0. The highest BCUT2D eigenvalue weighted by Gasteiger charge is 2.27. The number of β-amino-alcohol motifs (C(OH)–C–C–N with tert-alkyl or cyclic N) is 1. The van der Waals surface area contributed by atoms with E-state index in [0.29, 0.717) is 13.1 Å². The molecule has 76 valence electrons. The SMILES string of the molecule is CCNC(=O)C(C)N1CCC(O)C1. The van der Waals surface area contributed by atoms with Gasteiger partial charge < -0.3 is 10.4 Å². The molecule has 1 heterocycles. The molecule has 0 aliphatic carbocycles. The van der Waals surface area contributed by atoms with Crippen molar-refractivity contribution in [1.82, 2.24) is 10.2 Å². The molecule has 4 heteroatoms. The molecule has 1 amide bonds. The van der Waals surface area contributed by atoms with Crippen LogP contribution in [-0.2, 0) is 4.79 Å². The Morgan fingerprint density at radius 1 is 1.77 bits per heavy atom. The number of carbonyl (C=O) groups excluding carboxylic acids is 1. The Labute approximate surface area is 78.9 Å². The van der Waals surface area contributed by atoms with Gasteiger partial charge in [0.05, 0.1) is 12.1 Å². The van der Waals surface area contributed by atoms with E-state index in [2.05, 4.69) is 5.32 Å². The summed E-state index contributed by atoms with van der Waals surface area (Å²) in [6.45, 7) is 5.89. The Kier molecular flexibility index (Phi) is 3.69. The average Bonchev–Trinajstić information content (AvgIpc) is 2.51. The van der Waals surface area contributed by atoms with E-state index in [1.165, 1.54) is 0 Å². The molecule has 1 aliphatic heterocycles. The number of hydrogen-bond acceptors (Lipinski definition) is 3. The Balaban J connectivity index is 2.38. The first kappa shape index (κ1) is 10.5. The maximum atomic E-state index is 11.4. The summed E-state index contributed by atoms with van der Waals surface area (Å²) in [5, 5.41) is 12.1. The van der Waals surface area contributed by atoms with Crippen molar-refractivity contribution < 1.29 is 9.90 Å². The first-order valence-electron chi connectivity index (χ1n) is 4.85. The van der Waals surface area contributed by atoms with Gasteiger partial charge in [-0.2, -0.15) is 0 Å². The zero-order valence-corrected chi connectivity index (χ0v) is 8.29. The van der Waals surface area contributed by atoms with Crippen LogP contribution >= 0.6 is 0 Å². The van der Waals surface area contributed by atoms with Gasteiger partial charge in [-0.1, -0.05) is 0 Å². The average molecular weight is 186 g/mol. The largest absolute Gasteiger partial charge is 0.392 e. The topological polar surface area (TPSA) is 52.6 Å². The van der Waals surface area contributed by atoms with Crippen molar-refractivity contribution in [2.24, 2.45) is 0 Å². The predicted octanol–water partition coefficient (Wildman–Crippen LogP) is -0.422. The van der Waals surface area contributed by atoms with Crippen molar-refractivity contribution >= 4 is 5.91 Å². The normalized spacial score (nSPS) is 25.9. The van der Waals surface area contributed by atoms with Crippen LogP contribution in [0.5, 0.6) is 0 Å². The van der Waals surface area contributed by atoms with Gasteiger partial charge in [-0.05, 0) is 20.3 Å². The van der Waals surface area contributed by atoms with Gasteiger partial charge in [0.2, 0.25) is 5.91 Å². The molecule has 0 radical (unpaired) electrons. The molecule has 0 aromatic heterocycles. The molecular formula is C9H18N2O2. The van der Waals surface area contributed by atoms with Crippen LogP contribution in [0.4, 0.5) is 0 Å². The molecule has 2 N–H and O–H groups in total. The second-order valence-corrected chi connectivity index (χ2v) is 3.51. The summed E-state index contributed by atoms with van der Waals surface area (Å²) in [7, 11) is 0. The van der Waals surface area contributed by atoms with Gasteiger partial charge in [0.15, 0.2) is 0 Å². The molecule has 2 unspecified atom stereocenters. The second-order valence-electron chi connectivity index (χ2n) is 3.51. The second kappa shape index (κ2) is 4.58. The van der Waals surface area contributed by atoms with E-state index in [1.54, 1.807) is 0 Å². The fourth-order valence-electron chi connectivity index (χ4n) is 1.61. The first-order chi connectivity index (χ1) is 6.15. The van der Waals surface area contributed by atoms with Crippen LogP contribution in [0.25, 0.3) is 0 Å². The summed E-state index contributed by atoms with van der Waals surface area (Å²) < 4.78 is 0. The van der Waals surface area contributed by atoms with E-state index in [-0.39, 0.29) is 18.1 Å². The summed E-state index contributed by atoms with van der Waals surface area (Å²) in [5.74, 6) is 0.0524. The number of aliphatic hydroxyl groups is 1. The van der Waals surface area contributed by atoms with Gasteiger partial charge in [0.25, 0.3) is 0 Å². The van der Waals surface area contributed by atoms with Crippen LogP contribution in [0, 0.1) is 0 Å². The predicted molar refractivity (Wildman–Crippen MR) is 50.3 cm³/mol. The van der Waals surface area contributed by atoms with Crippen molar-refractivity contribution in [3.8, 4) is 0 Å². The Bertz CT molecular complexity index is 184. The lowest BCUT2D eigenvalue weighted by atomic mass is 10.3. The van der Waals surface area contributed by atoms with E-state index >= 15 is 0 Å². The Hall–Kier alpha value is -0.610. The highest BCUT2D eigenvalue weighted by atomic mass is 16.3. The molecule has 2 atom stereocenters. The molecule has 13 heavy (non-hydrogen) atoms.